The zero-order valence-electron chi connectivity index (χ0n) is 27.5. The van der Waals surface area contributed by atoms with Crippen molar-refractivity contribution in [3.05, 3.63) is 148 Å². The second-order valence-electron chi connectivity index (χ2n) is 13.5. The van der Waals surface area contributed by atoms with Gasteiger partial charge in [0, 0.05) is 35.1 Å². The number of allylic oxidation sites excluding steroid dienone is 4. The van der Waals surface area contributed by atoms with E-state index in [0.29, 0.717) is 28.0 Å². The van der Waals surface area contributed by atoms with Crippen LogP contribution in [0.3, 0.4) is 0 Å². The highest BCUT2D eigenvalue weighted by Crippen LogP contribution is 2.64. The predicted octanol–water partition coefficient (Wildman–Crippen LogP) is 6.34. The van der Waals surface area contributed by atoms with Gasteiger partial charge in [0.1, 0.15) is 11.5 Å². The van der Waals surface area contributed by atoms with Gasteiger partial charge < -0.3 is 9.84 Å². The van der Waals surface area contributed by atoms with Gasteiger partial charge >= 0.3 is 0 Å². The summed E-state index contributed by atoms with van der Waals surface area (Å²) in [4.78, 5) is 70.7. The molecule has 0 spiro atoms. The molecule has 0 radical (unpaired) electrons. The van der Waals surface area contributed by atoms with E-state index in [1.54, 1.807) is 36.4 Å². The monoisotopic (exact) mass is 680 g/mol. The Morgan fingerprint density at radius 1 is 0.863 bits per heavy atom. The Morgan fingerprint density at radius 3 is 2.29 bits per heavy atom. The number of rotatable bonds is 6. The number of phenols is 1. The van der Waals surface area contributed by atoms with Gasteiger partial charge in [-0.3, -0.25) is 29.3 Å². The molecule has 254 valence electrons. The summed E-state index contributed by atoms with van der Waals surface area (Å²) in [5.41, 5.74) is 0.820. The number of methoxy groups -OCH3 is 1. The summed E-state index contributed by atoms with van der Waals surface area (Å²) < 4.78 is 5.58. The second-order valence-corrected chi connectivity index (χ2v) is 13.5. The third-order valence-corrected chi connectivity index (χ3v) is 11.2. The number of imide groups is 1. The molecule has 10 heteroatoms. The molecule has 4 aromatic carbocycles. The number of amides is 2. The van der Waals surface area contributed by atoms with Crippen molar-refractivity contribution in [1.29, 1.82) is 0 Å². The smallest absolute Gasteiger partial charge is 0.271 e. The summed E-state index contributed by atoms with van der Waals surface area (Å²) in [6.45, 7) is 0. The first-order chi connectivity index (χ1) is 24.7. The number of phenolic OH excluding ortho intramolecular Hbond substituents is 1. The molecule has 1 heterocycles. The molecule has 8 rings (SSSR count). The van der Waals surface area contributed by atoms with E-state index < -0.39 is 51.7 Å². The lowest BCUT2D eigenvalue weighted by Gasteiger charge is -2.55. The van der Waals surface area contributed by atoms with Gasteiger partial charge in [-0.25, -0.2) is 4.90 Å². The van der Waals surface area contributed by atoms with Crippen molar-refractivity contribution in [3.63, 3.8) is 0 Å². The molecule has 2 fully saturated rings. The molecule has 10 nitrogen and oxygen atoms in total. The number of non-ortho nitro benzene ring substituents is 1. The molecule has 6 atom stereocenters. The third-order valence-electron chi connectivity index (χ3n) is 11.2. The SMILES string of the molecule is COc1ccc(O)c([C@H]2C3=CC[C@@H]4C(=O)N(c5cccc([N+](=O)[O-])c5)C(=O)[C@@H]4[C@@H]3C[C@H]3C(=O)C(c4ccccc4)=CC(=O)[C@@]23c2ccccc2)c1. The first-order valence-corrected chi connectivity index (χ1v) is 16.8. The maximum absolute atomic E-state index is 15.1. The maximum Gasteiger partial charge on any atom is 0.271 e. The Morgan fingerprint density at radius 2 is 1.59 bits per heavy atom. The third kappa shape index (κ3) is 4.70. The van der Waals surface area contributed by atoms with E-state index in [2.05, 4.69) is 0 Å². The van der Waals surface area contributed by atoms with Crippen molar-refractivity contribution in [2.75, 3.05) is 12.0 Å². The van der Waals surface area contributed by atoms with Crippen molar-refractivity contribution in [1.82, 2.24) is 0 Å². The van der Waals surface area contributed by atoms with Crippen molar-refractivity contribution in [2.45, 2.75) is 24.2 Å². The average molecular weight is 681 g/mol. The molecule has 0 aromatic heterocycles. The van der Waals surface area contributed by atoms with Gasteiger partial charge in [0.05, 0.1) is 35.0 Å². The lowest BCUT2D eigenvalue weighted by molar-refractivity contribution is -0.384. The molecule has 2 amide bonds. The number of hydrogen-bond acceptors (Lipinski definition) is 8. The number of Topliss-reactive ketones (excluding diaryl/α,β-unsaturated/α-hetero) is 1. The number of carbonyl (C=O) groups is 4. The first-order valence-electron chi connectivity index (χ1n) is 16.8. The number of benzene rings is 4. The summed E-state index contributed by atoms with van der Waals surface area (Å²) in [7, 11) is 1.50. The number of nitro groups is 1. The highest BCUT2D eigenvalue weighted by molar-refractivity contribution is 6.32. The van der Waals surface area contributed by atoms with E-state index in [9.17, 15) is 24.8 Å². The molecular formula is C41H32N2O8. The van der Waals surface area contributed by atoms with Crippen LogP contribution in [0, 0.1) is 33.8 Å². The van der Waals surface area contributed by atoms with Gasteiger partial charge in [-0.2, -0.15) is 0 Å². The summed E-state index contributed by atoms with van der Waals surface area (Å²) in [5, 5.41) is 23.2. The second kappa shape index (κ2) is 12.0. The van der Waals surface area contributed by atoms with E-state index >= 15 is 9.59 Å². The minimum atomic E-state index is -1.51. The summed E-state index contributed by atoms with van der Waals surface area (Å²) in [6.07, 6.45) is 3.56. The Kier molecular flexibility index (Phi) is 7.55. The largest absolute Gasteiger partial charge is 0.508 e. The molecule has 1 aliphatic heterocycles. The van der Waals surface area contributed by atoms with E-state index in [1.807, 2.05) is 42.5 Å². The van der Waals surface area contributed by atoms with Crippen LogP contribution in [0.15, 0.2) is 121 Å². The molecule has 0 bridgehead atoms. The van der Waals surface area contributed by atoms with Crippen molar-refractivity contribution < 1.29 is 33.9 Å². The number of carbonyl (C=O) groups excluding carboxylic acids is 4. The fraction of sp³-hybridized carbons (Fsp3) is 0.220. The molecule has 4 aromatic rings. The number of nitrogens with zero attached hydrogens (tertiary/aromatic N) is 2. The Hall–Kier alpha value is -6.16. The van der Waals surface area contributed by atoms with Crippen LogP contribution in [0.5, 0.6) is 11.5 Å². The number of anilines is 1. The molecular weight excluding hydrogens is 648 g/mol. The zero-order chi connectivity index (χ0) is 35.6. The zero-order valence-corrected chi connectivity index (χ0v) is 27.5. The van der Waals surface area contributed by atoms with Gasteiger partial charge in [0.2, 0.25) is 11.8 Å². The Bertz CT molecular complexity index is 2210. The number of ether oxygens (including phenoxy) is 1. The molecule has 4 aliphatic rings. The van der Waals surface area contributed by atoms with Gasteiger partial charge in [0.25, 0.3) is 5.69 Å². The number of fused-ring (bicyclic) bond motifs is 4. The Balaban J connectivity index is 1.36. The van der Waals surface area contributed by atoms with E-state index in [0.717, 1.165) is 4.90 Å². The van der Waals surface area contributed by atoms with Crippen LogP contribution >= 0.6 is 0 Å². The highest BCUT2D eigenvalue weighted by atomic mass is 16.6. The average Bonchev–Trinajstić information content (AvgIpc) is 3.42. The molecule has 0 unspecified atom stereocenters. The van der Waals surface area contributed by atoms with Crippen LogP contribution in [0.1, 0.15) is 35.4 Å². The summed E-state index contributed by atoms with van der Waals surface area (Å²) in [6, 6.07) is 28.3. The standard InChI is InChI=1S/C41H32N2O8/c1-51-27-15-18-34(44)32(20-27)37-28-16-17-29-36(40(48)42(39(29)47)25-13-8-14-26(19-25)43(49)50)31(28)21-33-38(46)30(23-9-4-2-5-10-23)22-35(45)41(33,37)24-11-6-3-7-12-24/h2-16,18-20,22,29,31,33,36-37,44H,17,21H2,1H3/t29-,31+,33-,36-,37+,41-/m0/s1. The molecule has 3 aliphatic carbocycles. The molecule has 51 heavy (non-hydrogen) atoms. The van der Waals surface area contributed by atoms with Gasteiger partial charge in [0.15, 0.2) is 11.6 Å². The van der Waals surface area contributed by atoms with Crippen LogP contribution < -0.4 is 9.64 Å². The lowest BCUT2D eigenvalue weighted by Crippen LogP contribution is -2.58. The number of nitro benzene ring substituents is 1. The van der Waals surface area contributed by atoms with Crippen LogP contribution in [-0.2, 0) is 24.6 Å². The van der Waals surface area contributed by atoms with Crippen LogP contribution in [0.4, 0.5) is 11.4 Å². The quantitative estimate of drug-likeness (QED) is 0.108. The normalized spacial score (nSPS) is 26.8. The van der Waals surface area contributed by atoms with E-state index in [-0.39, 0.29) is 47.1 Å². The fourth-order valence-electron chi connectivity index (χ4n) is 9.11. The topological polar surface area (TPSA) is 144 Å². The van der Waals surface area contributed by atoms with Crippen LogP contribution in [0.2, 0.25) is 0 Å². The van der Waals surface area contributed by atoms with E-state index in [1.165, 1.54) is 43.5 Å². The van der Waals surface area contributed by atoms with E-state index in [4.69, 9.17) is 4.74 Å². The highest BCUT2D eigenvalue weighted by Gasteiger charge is 2.66. The molecule has 1 saturated carbocycles. The minimum Gasteiger partial charge on any atom is -0.508 e. The number of hydrogen-bond donors (Lipinski definition) is 1. The Labute approximate surface area is 292 Å². The van der Waals surface area contributed by atoms with Gasteiger partial charge in [-0.1, -0.05) is 78.4 Å². The van der Waals surface area contributed by atoms with Crippen LogP contribution in [0.25, 0.3) is 5.57 Å². The summed E-state index contributed by atoms with van der Waals surface area (Å²) >= 11 is 0. The summed E-state index contributed by atoms with van der Waals surface area (Å²) in [5.74, 6) is -5.52. The van der Waals surface area contributed by atoms with Crippen molar-refractivity contribution >= 4 is 40.3 Å². The lowest BCUT2D eigenvalue weighted by atomic mass is 9.44. The number of aromatic hydroxyl groups is 1. The van der Waals surface area contributed by atoms with Gasteiger partial charge in [-0.05, 0) is 60.2 Å². The molecule has 1 saturated heterocycles. The fourth-order valence-corrected chi connectivity index (χ4v) is 9.11. The maximum atomic E-state index is 15.1. The number of ketones is 2. The predicted molar refractivity (Wildman–Crippen MR) is 187 cm³/mol. The van der Waals surface area contributed by atoms with Crippen molar-refractivity contribution in [2.24, 2.45) is 23.7 Å². The minimum absolute atomic E-state index is 0.0830. The van der Waals surface area contributed by atoms with Crippen molar-refractivity contribution in [3.8, 4) is 11.5 Å². The van der Waals surface area contributed by atoms with Crippen LogP contribution in [-0.4, -0.2) is 40.5 Å². The molecule has 1 N–H and O–H groups in total. The first kappa shape index (κ1) is 32.1. The van der Waals surface area contributed by atoms with Gasteiger partial charge in [-0.15, -0.1) is 0 Å².